The number of methoxy groups -OCH3 is 1. The highest BCUT2D eigenvalue weighted by Crippen LogP contribution is 2.26. The number of hydrogen-bond donors (Lipinski definition) is 1. The number of aromatic nitrogens is 1. The molecule has 1 fully saturated rings. The predicted molar refractivity (Wildman–Crippen MR) is 85.7 cm³/mol. The highest BCUT2D eigenvalue weighted by atomic mass is 16.5. The van der Waals surface area contributed by atoms with Crippen LogP contribution in [0.4, 0.5) is 0 Å². The predicted octanol–water partition coefficient (Wildman–Crippen LogP) is 2.12. The highest BCUT2D eigenvalue weighted by molar-refractivity contribution is 5.99. The minimum Gasteiger partial charge on any atom is -0.497 e. The van der Waals surface area contributed by atoms with Crippen LogP contribution in [-0.4, -0.2) is 46.6 Å². The van der Waals surface area contributed by atoms with Crippen LogP contribution < -0.4 is 4.74 Å². The number of piperidine rings is 1. The zero-order chi connectivity index (χ0) is 16.6. The standard InChI is InChI=1S/C17H20N2O4/c1-18-14-4-3-13(23-2)9-12(14)10-15(18)16(20)19-7-5-11(6-8-19)17(21)22/h3-4,9-11H,5-8H2,1-2H3,(H,21,22). The number of aryl methyl sites for hydroxylation is 1. The fourth-order valence-electron chi connectivity index (χ4n) is 3.15. The van der Waals surface area contributed by atoms with E-state index in [-0.39, 0.29) is 11.8 Å². The fraction of sp³-hybridized carbons (Fsp3) is 0.412. The van der Waals surface area contributed by atoms with Gasteiger partial charge in [0.1, 0.15) is 11.4 Å². The van der Waals surface area contributed by atoms with Gasteiger partial charge < -0.3 is 19.3 Å². The summed E-state index contributed by atoms with van der Waals surface area (Å²) in [4.78, 5) is 25.5. The summed E-state index contributed by atoms with van der Waals surface area (Å²) in [5, 5.41) is 10.0. The maximum absolute atomic E-state index is 12.7. The largest absolute Gasteiger partial charge is 0.497 e. The molecule has 1 amide bonds. The number of nitrogens with zero attached hydrogens (tertiary/aromatic N) is 2. The Kier molecular flexibility index (Phi) is 3.98. The molecule has 0 aliphatic carbocycles. The summed E-state index contributed by atoms with van der Waals surface area (Å²) in [7, 11) is 3.48. The number of carboxylic acids is 1. The van der Waals surface area contributed by atoms with Crippen LogP contribution in [0.1, 0.15) is 23.3 Å². The first-order valence-electron chi connectivity index (χ1n) is 7.67. The average Bonchev–Trinajstić information content (AvgIpc) is 2.90. The van der Waals surface area contributed by atoms with Gasteiger partial charge in [0.2, 0.25) is 0 Å². The minimum absolute atomic E-state index is 0.0495. The molecule has 6 nitrogen and oxygen atoms in total. The van der Waals surface area contributed by atoms with Gasteiger partial charge >= 0.3 is 5.97 Å². The van der Waals surface area contributed by atoms with Crippen molar-refractivity contribution in [2.45, 2.75) is 12.8 Å². The first kappa shape index (κ1) is 15.4. The van der Waals surface area contributed by atoms with Crippen molar-refractivity contribution in [1.82, 2.24) is 9.47 Å². The van der Waals surface area contributed by atoms with Gasteiger partial charge in [0.15, 0.2) is 0 Å². The van der Waals surface area contributed by atoms with E-state index in [1.165, 1.54) is 0 Å². The zero-order valence-electron chi connectivity index (χ0n) is 13.3. The van der Waals surface area contributed by atoms with Gasteiger partial charge in [-0.25, -0.2) is 0 Å². The number of fused-ring (bicyclic) bond motifs is 1. The summed E-state index contributed by atoms with van der Waals surface area (Å²) in [6.07, 6.45) is 1.03. The van der Waals surface area contributed by atoms with E-state index in [1.54, 1.807) is 12.0 Å². The summed E-state index contributed by atoms with van der Waals surface area (Å²) in [6, 6.07) is 7.57. The van der Waals surface area contributed by atoms with Crippen molar-refractivity contribution in [3.63, 3.8) is 0 Å². The first-order chi connectivity index (χ1) is 11.0. The summed E-state index contributed by atoms with van der Waals surface area (Å²) >= 11 is 0. The molecule has 0 spiro atoms. The molecule has 0 atom stereocenters. The number of rotatable bonds is 3. The van der Waals surface area contributed by atoms with Crippen molar-refractivity contribution >= 4 is 22.8 Å². The van der Waals surface area contributed by atoms with Crippen LogP contribution in [0.3, 0.4) is 0 Å². The van der Waals surface area contributed by atoms with E-state index in [0.717, 1.165) is 16.7 Å². The van der Waals surface area contributed by atoms with Crippen molar-refractivity contribution in [3.8, 4) is 5.75 Å². The lowest BCUT2D eigenvalue weighted by atomic mass is 9.97. The number of carbonyl (C=O) groups is 2. The molecule has 1 aromatic carbocycles. The fourth-order valence-corrected chi connectivity index (χ4v) is 3.15. The number of benzene rings is 1. The zero-order valence-corrected chi connectivity index (χ0v) is 13.3. The van der Waals surface area contributed by atoms with Gasteiger partial charge in [-0.3, -0.25) is 9.59 Å². The van der Waals surface area contributed by atoms with E-state index < -0.39 is 5.97 Å². The van der Waals surface area contributed by atoms with Crippen molar-refractivity contribution in [2.75, 3.05) is 20.2 Å². The van der Waals surface area contributed by atoms with E-state index in [4.69, 9.17) is 9.84 Å². The third kappa shape index (κ3) is 2.76. The van der Waals surface area contributed by atoms with Crippen molar-refractivity contribution < 1.29 is 19.4 Å². The quantitative estimate of drug-likeness (QED) is 0.941. The Bertz CT molecular complexity index is 757. The maximum atomic E-state index is 12.7. The second-order valence-electron chi connectivity index (χ2n) is 5.92. The molecule has 2 aromatic rings. The molecule has 1 N–H and O–H groups in total. The van der Waals surface area contributed by atoms with E-state index in [0.29, 0.717) is 31.6 Å². The Labute approximate surface area is 134 Å². The maximum Gasteiger partial charge on any atom is 0.306 e. The average molecular weight is 316 g/mol. The third-order valence-corrected chi connectivity index (χ3v) is 4.60. The number of ether oxygens (including phenoxy) is 1. The normalized spacial score (nSPS) is 15.8. The Balaban J connectivity index is 1.84. The van der Waals surface area contributed by atoms with Gasteiger partial charge in [-0.2, -0.15) is 0 Å². The lowest BCUT2D eigenvalue weighted by Gasteiger charge is -2.30. The summed E-state index contributed by atoms with van der Waals surface area (Å²) in [5.41, 5.74) is 1.58. The third-order valence-electron chi connectivity index (χ3n) is 4.60. The van der Waals surface area contributed by atoms with Crippen molar-refractivity contribution in [2.24, 2.45) is 13.0 Å². The first-order valence-corrected chi connectivity index (χ1v) is 7.67. The summed E-state index contributed by atoms with van der Waals surface area (Å²) in [5.74, 6) is -0.402. The van der Waals surface area contributed by atoms with Crippen LogP contribution in [0.2, 0.25) is 0 Å². The topological polar surface area (TPSA) is 71.8 Å². The Hall–Kier alpha value is -2.50. The van der Waals surface area contributed by atoms with Gasteiger partial charge in [-0.15, -0.1) is 0 Å². The van der Waals surface area contributed by atoms with E-state index in [9.17, 15) is 9.59 Å². The lowest BCUT2D eigenvalue weighted by molar-refractivity contribution is -0.143. The number of aliphatic carboxylic acids is 1. The molecule has 122 valence electrons. The summed E-state index contributed by atoms with van der Waals surface area (Å²) in [6.45, 7) is 0.974. The number of hydrogen-bond acceptors (Lipinski definition) is 3. The molecule has 1 aliphatic heterocycles. The Morgan fingerprint density at radius 3 is 2.52 bits per heavy atom. The monoisotopic (exact) mass is 316 g/mol. The molecule has 0 saturated carbocycles. The molecule has 0 bridgehead atoms. The van der Waals surface area contributed by atoms with Crippen molar-refractivity contribution in [1.29, 1.82) is 0 Å². The van der Waals surface area contributed by atoms with E-state index in [1.807, 2.05) is 35.9 Å². The molecular weight excluding hydrogens is 296 g/mol. The van der Waals surface area contributed by atoms with Crippen LogP contribution >= 0.6 is 0 Å². The number of carbonyl (C=O) groups excluding carboxylic acids is 1. The SMILES string of the molecule is COc1ccc2c(c1)cc(C(=O)N1CCC(C(=O)O)CC1)n2C. The van der Waals surface area contributed by atoms with E-state index >= 15 is 0 Å². The molecule has 23 heavy (non-hydrogen) atoms. The van der Waals surface area contributed by atoms with Gasteiger partial charge in [-0.1, -0.05) is 0 Å². The smallest absolute Gasteiger partial charge is 0.306 e. The number of amides is 1. The molecule has 1 saturated heterocycles. The second-order valence-corrected chi connectivity index (χ2v) is 5.92. The molecule has 0 radical (unpaired) electrons. The summed E-state index contributed by atoms with van der Waals surface area (Å²) < 4.78 is 7.10. The van der Waals surface area contributed by atoms with Crippen LogP contribution in [-0.2, 0) is 11.8 Å². The number of likely N-dealkylation sites (tertiary alicyclic amines) is 1. The number of carboxylic acid groups (broad SMARTS) is 1. The molecule has 3 rings (SSSR count). The van der Waals surface area contributed by atoms with Crippen molar-refractivity contribution in [3.05, 3.63) is 30.0 Å². The van der Waals surface area contributed by atoms with Gasteiger partial charge in [0, 0.05) is 31.0 Å². The molecule has 1 aliphatic rings. The minimum atomic E-state index is -0.770. The van der Waals surface area contributed by atoms with Gasteiger partial charge in [0.25, 0.3) is 5.91 Å². The molecule has 2 heterocycles. The molecule has 0 unspecified atom stereocenters. The second kappa shape index (κ2) is 5.95. The van der Waals surface area contributed by atoms with Gasteiger partial charge in [0.05, 0.1) is 13.0 Å². The molecule has 6 heteroatoms. The lowest BCUT2D eigenvalue weighted by Crippen LogP contribution is -2.40. The van der Waals surface area contributed by atoms with Crippen LogP contribution in [0.25, 0.3) is 10.9 Å². The Morgan fingerprint density at radius 1 is 1.22 bits per heavy atom. The van der Waals surface area contributed by atoms with E-state index in [2.05, 4.69) is 0 Å². The van der Waals surface area contributed by atoms with Crippen LogP contribution in [0.5, 0.6) is 5.75 Å². The molecular formula is C17H20N2O4. The van der Waals surface area contributed by atoms with Gasteiger partial charge in [-0.05, 0) is 37.1 Å². The Morgan fingerprint density at radius 2 is 1.91 bits per heavy atom. The highest BCUT2D eigenvalue weighted by Gasteiger charge is 2.28. The van der Waals surface area contributed by atoms with Crippen LogP contribution in [0.15, 0.2) is 24.3 Å². The molecule has 1 aromatic heterocycles. The van der Waals surface area contributed by atoms with Crippen LogP contribution in [0, 0.1) is 5.92 Å².